The van der Waals surface area contributed by atoms with Gasteiger partial charge in [0, 0.05) is 0 Å². The van der Waals surface area contributed by atoms with Crippen molar-refractivity contribution >= 4 is 15.9 Å². The summed E-state index contributed by atoms with van der Waals surface area (Å²) >= 11 is 3.36. The average Bonchev–Trinajstić information content (AvgIpc) is 2.64. The minimum atomic E-state index is -0.735. The summed E-state index contributed by atoms with van der Waals surface area (Å²) in [6.07, 6.45) is 1.95. The molecule has 2 aromatic rings. The zero-order valence-corrected chi connectivity index (χ0v) is 12.5. The Morgan fingerprint density at radius 3 is 2.60 bits per heavy atom. The molecule has 3 rings (SSSR count). The van der Waals surface area contributed by atoms with Crippen LogP contribution in [-0.4, -0.2) is 20.4 Å². The molecule has 7 heteroatoms. The number of halogens is 3. The van der Waals surface area contributed by atoms with Crippen molar-refractivity contribution in [2.24, 2.45) is 0 Å². The van der Waals surface area contributed by atoms with E-state index in [9.17, 15) is 8.78 Å². The summed E-state index contributed by atoms with van der Waals surface area (Å²) < 4.78 is 35.6. The van der Waals surface area contributed by atoms with Crippen LogP contribution in [0, 0.1) is 11.6 Å². The Morgan fingerprint density at radius 2 is 1.95 bits per heavy atom. The van der Waals surface area contributed by atoms with Gasteiger partial charge in [-0.3, -0.25) is 9.67 Å². The summed E-state index contributed by atoms with van der Waals surface area (Å²) in [5.74, 6) is -1.47. The van der Waals surface area contributed by atoms with Gasteiger partial charge in [0.05, 0.1) is 46.9 Å². The monoisotopic (exact) mass is 343 g/mol. The van der Waals surface area contributed by atoms with E-state index < -0.39 is 11.6 Å². The second-order valence-electron chi connectivity index (χ2n) is 5.29. The van der Waals surface area contributed by atoms with E-state index >= 15 is 0 Å². The largest absolute Gasteiger partial charge is 0.367 e. The predicted octanol–water partition coefficient (Wildman–Crippen LogP) is 3.29. The van der Waals surface area contributed by atoms with Crippen LogP contribution in [0.2, 0.25) is 0 Å². The molecule has 3 heterocycles. The minimum Gasteiger partial charge on any atom is -0.367 e. The van der Waals surface area contributed by atoms with Gasteiger partial charge in [-0.15, -0.1) is 0 Å². The first-order valence-corrected chi connectivity index (χ1v) is 6.87. The van der Waals surface area contributed by atoms with E-state index in [1.165, 1.54) is 0 Å². The third-order valence-corrected chi connectivity index (χ3v) is 4.05. The molecule has 4 nitrogen and oxygen atoms in total. The van der Waals surface area contributed by atoms with E-state index in [1.807, 2.05) is 13.8 Å². The molecule has 0 amide bonds. The van der Waals surface area contributed by atoms with Crippen LogP contribution >= 0.6 is 15.9 Å². The maximum absolute atomic E-state index is 13.8. The van der Waals surface area contributed by atoms with E-state index in [0.717, 1.165) is 18.1 Å². The zero-order chi connectivity index (χ0) is 14.5. The van der Waals surface area contributed by atoms with E-state index in [-0.39, 0.29) is 16.9 Å². The standard InChI is InChI=1S/C13H12BrF2N3O/c1-13(2)6-19-9(5-20-13)11(14)12(18-19)10-7(15)3-17-4-8(10)16/h3-4H,5-6H2,1-2H3. The highest BCUT2D eigenvalue weighted by molar-refractivity contribution is 9.10. The Bertz CT molecular complexity index is 664. The van der Waals surface area contributed by atoms with Gasteiger partial charge in [0.1, 0.15) is 5.69 Å². The molecule has 0 fully saturated rings. The lowest BCUT2D eigenvalue weighted by atomic mass is 10.1. The second-order valence-corrected chi connectivity index (χ2v) is 6.09. The molecule has 0 N–H and O–H groups in total. The first-order chi connectivity index (χ1) is 9.39. The van der Waals surface area contributed by atoms with Crippen molar-refractivity contribution in [1.82, 2.24) is 14.8 Å². The molecule has 0 saturated heterocycles. The Balaban J connectivity index is 2.16. The van der Waals surface area contributed by atoms with E-state index in [4.69, 9.17) is 4.74 Å². The summed E-state index contributed by atoms with van der Waals surface area (Å²) in [6, 6.07) is 0. The summed E-state index contributed by atoms with van der Waals surface area (Å²) in [6.45, 7) is 4.75. The number of hydrogen-bond acceptors (Lipinski definition) is 3. The van der Waals surface area contributed by atoms with Crippen molar-refractivity contribution in [2.75, 3.05) is 0 Å². The fraction of sp³-hybridized carbons (Fsp3) is 0.385. The van der Waals surface area contributed by atoms with Crippen LogP contribution in [0.15, 0.2) is 16.9 Å². The highest BCUT2D eigenvalue weighted by atomic mass is 79.9. The second kappa shape index (κ2) is 4.60. The minimum absolute atomic E-state index is 0.174. The number of ether oxygens (including phenoxy) is 1. The lowest BCUT2D eigenvalue weighted by molar-refractivity contribution is -0.0663. The maximum atomic E-state index is 13.8. The van der Waals surface area contributed by atoms with Crippen molar-refractivity contribution in [3.05, 3.63) is 34.2 Å². The van der Waals surface area contributed by atoms with Crippen LogP contribution in [-0.2, 0) is 17.9 Å². The van der Waals surface area contributed by atoms with Gasteiger partial charge in [-0.2, -0.15) is 5.10 Å². The van der Waals surface area contributed by atoms with Crippen LogP contribution in [0.4, 0.5) is 8.78 Å². The highest BCUT2D eigenvalue weighted by Crippen LogP contribution is 2.36. The van der Waals surface area contributed by atoms with Crippen LogP contribution in [0.25, 0.3) is 11.3 Å². The molecule has 0 bridgehead atoms. The maximum Gasteiger partial charge on any atom is 0.153 e. The molecule has 1 aliphatic rings. The number of nitrogens with zero attached hydrogens (tertiary/aromatic N) is 3. The topological polar surface area (TPSA) is 39.9 Å². The number of fused-ring (bicyclic) bond motifs is 1. The quantitative estimate of drug-likeness (QED) is 0.797. The lowest BCUT2D eigenvalue weighted by Crippen LogP contribution is -2.36. The summed E-state index contributed by atoms with van der Waals surface area (Å²) in [4.78, 5) is 3.48. The molecule has 1 aliphatic heterocycles. The Labute approximate surface area is 122 Å². The van der Waals surface area contributed by atoms with Gasteiger partial charge in [-0.05, 0) is 29.8 Å². The normalized spacial score (nSPS) is 17.1. The molecule has 106 valence electrons. The van der Waals surface area contributed by atoms with Crippen molar-refractivity contribution in [2.45, 2.75) is 32.6 Å². The molecular formula is C13H12BrF2N3O. The first kappa shape index (κ1) is 13.6. The van der Waals surface area contributed by atoms with Crippen LogP contribution in [0.1, 0.15) is 19.5 Å². The van der Waals surface area contributed by atoms with Crippen LogP contribution in [0.3, 0.4) is 0 Å². The highest BCUT2D eigenvalue weighted by Gasteiger charge is 2.31. The predicted molar refractivity (Wildman–Crippen MR) is 71.9 cm³/mol. The summed E-state index contributed by atoms with van der Waals surface area (Å²) in [5, 5.41) is 4.32. The van der Waals surface area contributed by atoms with Crippen molar-refractivity contribution < 1.29 is 13.5 Å². The van der Waals surface area contributed by atoms with Gasteiger partial charge in [0.25, 0.3) is 0 Å². The van der Waals surface area contributed by atoms with Crippen LogP contribution in [0.5, 0.6) is 0 Å². The number of hydrogen-bond donors (Lipinski definition) is 0. The Morgan fingerprint density at radius 1 is 1.30 bits per heavy atom. The first-order valence-electron chi connectivity index (χ1n) is 6.07. The molecule has 0 aromatic carbocycles. The number of pyridine rings is 1. The van der Waals surface area contributed by atoms with Gasteiger partial charge in [-0.25, -0.2) is 8.78 Å². The van der Waals surface area contributed by atoms with Gasteiger partial charge < -0.3 is 4.74 Å². The summed E-state index contributed by atoms with van der Waals surface area (Å²) in [5.41, 5.74) is 0.477. The number of aromatic nitrogens is 3. The molecule has 0 atom stereocenters. The molecule has 2 aromatic heterocycles. The van der Waals surface area contributed by atoms with Gasteiger partial charge in [0.2, 0.25) is 0 Å². The van der Waals surface area contributed by atoms with E-state index in [1.54, 1.807) is 4.68 Å². The fourth-order valence-electron chi connectivity index (χ4n) is 2.21. The molecule has 0 aliphatic carbocycles. The zero-order valence-electron chi connectivity index (χ0n) is 11.0. The molecule has 20 heavy (non-hydrogen) atoms. The molecule has 0 saturated carbocycles. The molecule has 0 spiro atoms. The van der Waals surface area contributed by atoms with Crippen molar-refractivity contribution in [3.8, 4) is 11.3 Å². The lowest BCUT2D eigenvalue weighted by Gasteiger charge is -2.30. The molecule has 0 unspecified atom stereocenters. The van der Waals surface area contributed by atoms with Crippen molar-refractivity contribution in [1.29, 1.82) is 0 Å². The summed E-state index contributed by atoms with van der Waals surface area (Å²) in [7, 11) is 0. The SMILES string of the molecule is CC1(C)Cn2nc(-c3c(F)cncc3F)c(Br)c2CO1. The smallest absolute Gasteiger partial charge is 0.153 e. The third kappa shape index (κ3) is 2.14. The third-order valence-electron chi connectivity index (χ3n) is 3.21. The van der Waals surface area contributed by atoms with Gasteiger partial charge in [0.15, 0.2) is 11.6 Å². The van der Waals surface area contributed by atoms with Crippen LogP contribution < -0.4 is 0 Å². The molecular weight excluding hydrogens is 332 g/mol. The Kier molecular flexibility index (Phi) is 3.13. The van der Waals surface area contributed by atoms with E-state index in [2.05, 4.69) is 26.0 Å². The van der Waals surface area contributed by atoms with Gasteiger partial charge in [-0.1, -0.05) is 0 Å². The Hall–Kier alpha value is -1.34. The van der Waals surface area contributed by atoms with E-state index in [0.29, 0.717) is 17.6 Å². The molecule has 0 radical (unpaired) electrons. The average molecular weight is 344 g/mol. The number of rotatable bonds is 1. The fourth-order valence-corrected chi connectivity index (χ4v) is 2.81. The van der Waals surface area contributed by atoms with Gasteiger partial charge >= 0.3 is 0 Å². The van der Waals surface area contributed by atoms with Crippen molar-refractivity contribution in [3.63, 3.8) is 0 Å².